The van der Waals surface area contributed by atoms with Gasteiger partial charge in [0.25, 0.3) is 0 Å². The Morgan fingerprint density at radius 2 is 1.84 bits per heavy atom. The molecule has 3 aromatic rings. The molecule has 25 heavy (non-hydrogen) atoms. The topological polar surface area (TPSA) is 59.0 Å². The molecule has 0 fully saturated rings. The summed E-state index contributed by atoms with van der Waals surface area (Å²) in [6, 6.07) is 15.9. The number of carbonyl (C=O) groups is 1. The van der Waals surface area contributed by atoms with Crippen LogP contribution in [0.1, 0.15) is 6.92 Å². The standard InChI is InChI=1S/C19H22N4O.ClH/c1-13(12-20-2)19(24)21-15-10-8-14(9-11-15)18-22-16-6-4-5-7-17(16)23(18)3;/h4-11,13,20H,12H2,1-3H3,(H,21,24);1H. The zero-order valence-electron chi connectivity index (χ0n) is 14.6. The summed E-state index contributed by atoms with van der Waals surface area (Å²) in [7, 11) is 3.86. The van der Waals surface area contributed by atoms with Gasteiger partial charge in [-0.15, -0.1) is 12.4 Å². The molecule has 0 bridgehead atoms. The molecule has 1 amide bonds. The number of nitrogens with zero attached hydrogens (tertiary/aromatic N) is 2. The minimum atomic E-state index is -0.0745. The molecule has 0 aliphatic carbocycles. The highest BCUT2D eigenvalue weighted by molar-refractivity contribution is 5.92. The van der Waals surface area contributed by atoms with E-state index in [4.69, 9.17) is 4.98 Å². The van der Waals surface area contributed by atoms with E-state index in [9.17, 15) is 4.79 Å². The van der Waals surface area contributed by atoms with Crippen molar-refractivity contribution < 1.29 is 4.79 Å². The number of imidazole rings is 1. The van der Waals surface area contributed by atoms with Crippen LogP contribution in [0.3, 0.4) is 0 Å². The van der Waals surface area contributed by atoms with Gasteiger partial charge in [-0.25, -0.2) is 4.98 Å². The molecule has 2 aromatic carbocycles. The van der Waals surface area contributed by atoms with Gasteiger partial charge in [0, 0.05) is 30.8 Å². The van der Waals surface area contributed by atoms with Crippen LogP contribution in [0.2, 0.25) is 0 Å². The number of carbonyl (C=O) groups excluding carboxylic acids is 1. The number of hydrogen-bond acceptors (Lipinski definition) is 3. The molecule has 2 N–H and O–H groups in total. The van der Waals surface area contributed by atoms with Crippen LogP contribution in [-0.2, 0) is 11.8 Å². The van der Waals surface area contributed by atoms with Crippen LogP contribution in [0.5, 0.6) is 0 Å². The van der Waals surface area contributed by atoms with Gasteiger partial charge in [-0.2, -0.15) is 0 Å². The summed E-state index contributed by atoms with van der Waals surface area (Å²) in [4.78, 5) is 16.8. The summed E-state index contributed by atoms with van der Waals surface area (Å²) in [5, 5.41) is 5.95. The summed E-state index contributed by atoms with van der Waals surface area (Å²) >= 11 is 0. The summed E-state index contributed by atoms with van der Waals surface area (Å²) in [6.07, 6.45) is 0. The molecule has 3 rings (SSSR count). The number of anilines is 1. The zero-order valence-corrected chi connectivity index (χ0v) is 15.4. The SMILES string of the molecule is CNCC(C)C(=O)Nc1ccc(-c2nc3ccccc3n2C)cc1.Cl. The number of nitrogens with one attached hydrogen (secondary N) is 2. The van der Waals surface area contributed by atoms with Crippen molar-refractivity contribution in [2.24, 2.45) is 13.0 Å². The third-order valence-corrected chi connectivity index (χ3v) is 4.16. The summed E-state index contributed by atoms with van der Waals surface area (Å²) < 4.78 is 2.08. The van der Waals surface area contributed by atoms with Crippen molar-refractivity contribution in [1.29, 1.82) is 0 Å². The van der Waals surface area contributed by atoms with Crippen LogP contribution in [0.4, 0.5) is 5.69 Å². The molecule has 1 aromatic heterocycles. The summed E-state index contributed by atoms with van der Waals surface area (Å²) in [5.74, 6) is 0.854. The number of fused-ring (bicyclic) bond motifs is 1. The lowest BCUT2D eigenvalue weighted by Crippen LogP contribution is -2.28. The highest BCUT2D eigenvalue weighted by atomic mass is 35.5. The van der Waals surface area contributed by atoms with Crippen LogP contribution in [0.25, 0.3) is 22.4 Å². The average molecular weight is 359 g/mol. The molecule has 0 aliphatic heterocycles. The van der Waals surface area contributed by atoms with Crippen molar-refractivity contribution in [1.82, 2.24) is 14.9 Å². The predicted molar refractivity (Wildman–Crippen MR) is 105 cm³/mol. The first-order valence-electron chi connectivity index (χ1n) is 8.07. The second-order valence-electron chi connectivity index (χ2n) is 6.01. The van der Waals surface area contributed by atoms with Crippen LogP contribution in [0.15, 0.2) is 48.5 Å². The molecule has 0 saturated heterocycles. The van der Waals surface area contributed by atoms with Gasteiger partial charge in [0.2, 0.25) is 5.91 Å². The van der Waals surface area contributed by atoms with E-state index in [2.05, 4.69) is 21.3 Å². The van der Waals surface area contributed by atoms with Gasteiger partial charge < -0.3 is 15.2 Å². The highest BCUT2D eigenvalue weighted by Crippen LogP contribution is 2.24. The molecule has 0 saturated carbocycles. The Kier molecular flexibility index (Phi) is 6.17. The largest absolute Gasteiger partial charge is 0.327 e. The summed E-state index contributed by atoms with van der Waals surface area (Å²) in [5.41, 5.74) is 3.90. The lowest BCUT2D eigenvalue weighted by molar-refractivity contribution is -0.119. The Labute approximate surface area is 153 Å². The molecule has 0 spiro atoms. The molecular weight excluding hydrogens is 336 g/mol. The minimum Gasteiger partial charge on any atom is -0.327 e. The molecule has 5 nitrogen and oxygen atoms in total. The Morgan fingerprint density at radius 1 is 1.16 bits per heavy atom. The second-order valence-corrected chi connectivity index (χ2v) is 6.01. The number of amides is 1. The van der Waals surface area contributed by atoms with E-state index in [-0.39, 0.29) is 24.2 Å². The average Bonchev–Trinajstić information content (AvgIpc) is 2.93. The third kappa shape index (κ3) is 4.00. The number of hydrogen-bond donors (Lipinski definition) is 2. The summed E-state index contributed by atoms with van der Waals surface area (Å²) in [6.45, 7) is 2.56. The van der Waals surface area contributed by atoms with Gasteiger partial charge in [-0.05, 0) is 43.4 Å². The normalized spacial score (nSPS) is 11.8. The van der Waals surface area contributed by atoms with Gasteiger partial charge >= 0.3 is 0 Å². The van der Waals surface area contributed by atoms with E-state index in [0.717, 1.165) is 28.1 Å². The molecule has 0 aliphatic rings. The van der Waals surface area contributed by atoms with Crippen LogP contribution in [0, 0.1) is 5.92 Å². The van der Waals surface area contributed by atoms with E-state index in [1.54, 1.807) is 0 Å². The maximum atomic E-state index is 12.1. The maximum Gasteiger partial charge on any atom is 0.228 e. The molecule has 132 valence electrons. The van der Waals surface area contributed by atoms with Crippen molar-refractivity contribution >= 4 is 35.0 Å². The Morgan fingerprint density at radius 3 is 2.48 bits per heavy atom. The van der Waals surface area contributed by atoms with Gasteiger partial charge in [0.15, 0.2) is 0 Å². The lowest BCUT2D eigenvalue weighted by Gasteiger charge is -2.12. The van der Waals surface area contributed by atoms with Crippen LogP contribution in [-0.4, -0.2) is 29.1 Å². The Balaban J connectivity index is 0.00000225. The Bertz CT molecular complexity index is 857. The zero-order chi connectivity index (χ0) is 17.1. The van der Waals surface area contributed by atoms with Gasteiger partial charge in [0.05, 0.1) is 11.0 Å². The van der Waals surface area contributed by atoms with E-state index >= 15 is 0 Å². The van der Waals surface area contributed by atoms with Gasteiger partial charge in [0.1, 0.15) is 5.82 Å². The second kappa shape index (κ2) is 8.14. The predicted octanol–water partition coefficient (Wildman–Crippen LogP) is 3.46. The number of benzene rings is 2. The van der Waals surface area contributed by atoms with E-state index < -0.39 is 0 Å². The molecule has 0 radical (unpaired) electrons. The minimum absolute atomic E-state index is 0. The fourth-order valence-electron chi connectivity index (χ4n) is 2.77. The first kappa shape index (κ1) is 19.0. The molecule has 1 atom stereocenters. The monoisotopic (exact) mass is 358 g/mol. The first-order chi connectivity index (χ1) is 11.6. The van der Waals surface area contributed by atoms with Gasteiger partial charge in [-0.3, -0.25) is 4.79 Å². The van der Waals surface area contributed by atoms with Crippen molar-refractivity contribution in [2.75, 3.05) is 18.9 Å². The molecule has 1 heterocycles. The fourth-order valence-corrected chi connectivity index (χ4v) is 2.77. The number of halogens is 1. The van der Waals surface area contributed by atoms with Crippen LogP contribution < -0.4 is 10.6 Å². The smallest absolute Gasteiger partial charge is 0.228 e. The van der Waals surface area contributed by atoms with E-state index in [0.29, 0.717) is 6.54 Å². The lowest BCUT2D eigenvalue weighted by atomic mass is 10.1. The molecule has 6 heteroatoms. The number of para-hydroxylation sites is 2. The van der Waals surface area contributed by atoms with Crippen molar-refractivity contribution in [2.45, 2.75) is 6.92 Å². The quantitative estimate of drug-likeness (QED) is 0.734. The number of aryl methyl sites for hydroxylation is 1. The van der Waals surface area contributed by atoms with Crippen molar-refractivity contribution in [3.05, 3.63) is 48.5 Å². The fraction of sp³-hybridized carbons (Fsp3) is 0.263. The van der Waals surface area contributed by atoms with E-state index in [1.807, 2.05) is 63.5 Å². The maximum absolute atomic E-state index is 12.1. The van der Waals surface area contributed by atoms with Gasteiger partial charge in [-0.1, -0.05) is 19.1 Å². The van der Waals surface area contributed by atoms with Crippen molar-refractivity contribution in [3.8, 4) is 11.4 Å². The third-order valence-electron chi connectivity index (χ3n) is 4.16. The number of aromatic nitrogens is 2. The molecule has 1 unspecified atom stereocenters. The number of rotatable bonds is 5. The van der Waals surface area contributed by atoms with Crippen LogP contribution >= 0.6 is 12.4 Å². The highest BCUT2D eigenvalue weighted by Gasteiger charge is 2.13. The Hall–Kier alpha value is -2.37. The van der Waals surface area contributed by atoms with E-state index in [1.165, 1.54) is 0 Å². The first-order valence-corrected chi connectivity index (χ1v) is 8.07. The molecular formula is C19H23ClN4O. The van der Waals surface area contributed by atoms with Crippen molar-refractivity contribution in [3.63, 3.8) is 0 Å².